The molecule has 0 radical (unpaired) electrons. The van der Waals surface area contributed by atoms with Crippen LogP contribution < -0.4 is 0 Å². The Bertz CT molecular complexity index is 600. The average molecular weight is 254 g/mol. The van der Waals surface area contributed by atoms with Crippen molar-refractivity contribution in [3.63, 3.8) is 0 Å². The van der Waals surface area contributed by atoms with E-state index in [0.717, 1.165) is 11.0 Å². The molecule has 1 aromatic carbocycles. The van der Waals surface area contributed by atoms with E-state index < -0.39 is 0 Å². The number of fused-ring (bicyclic) bond motifs is 1. The van der Waals surface area contributed by atoms with Crippen molar-refractivity contribution in [2.45, 2.75) is 26.0 Å². The topological polar surface area (TPSA) is 29.9 Å². The normalized spacial score (nSPS) is 12.2. The van der Waals surface area contributed by atoms with E-state index in [4.69, 9.17) is 17.0 Å². The Morgan fingerprint density at radius 2 is 2.18 bits per heavy atom. The van der Waals surface area contributed by atoms with Gasteiger partial charge in [0.05, 0.1) is 23.2 Å². The van der Waals surface area contributed by atoms with Gasteiger partial charge in [-0.3, -0.25) is 0 Å². The van der Waals surface area contributed by atoms with Gasteiger partial charge in [-0.1, -0.05) is 0 Å². The molecule has 5 heteroatoms. The number of hydrogen-bond donors (Lipinski definition) is 1. The lowest BCUT2D eigenvalue weighted by molar-refractivity contribution is 0.00872. The molecule has 0 aliphatic rings. The van der Waals surface area contributed by atoms with Crippen LogP contribution in [0.25, 0.3) is 11.0 Å². The predicted octanol–water partition coefficient (Wildman–Crippen LogP) is 3.26. The van der Waals surface area contributed by atoms with Gasteiger partial charge >= 0.3 is 0 Å². The minimum atomic E-state index is -0.348. The summed E-state index contributed by atoms with van der Waals surface area (Å²) in [5.74, 6) is -0.268. The first kappa shape index (κ1) is 12.3. The molecular weight excluding hydrogens is 239 g/mol. The van der Waals surface area contributed by atoms with Crippen LogP contribution in [0, 0.1) is 10.6 Å². The van der Waals surface area contributed by atoms with Gasteiger partial charge in [0.15, 0.2) is 4.77 Å². The molecule has 0 fully saturated rings. The lowest BCUT2D eigenvalue weighted by Gasteiger charge is -2.23. The second-order valence-corrected chi connectivity index (χ2v) is 5.03. The van der Waals surface area contributed by atoms with Crippen molar-refractivity contribution in [3.8, 4) is 0 Å². The summed E-state index contributed by atoms with van der Waals surface area (Å²) >= 11 is 5.24. The lowest BCUT2D eigenvalue weighted by atomic mass is 10.1. The van der Waals surface area contributed by atoms with Gasteiger partial charge in [-0.2, -0.15) is 0 Å². The van der Waals surface area contributed by atoms with E-state index in [1.165, 1.54) is 12.1 Å². The molecule has 0 amide bonds. The average Bonchev–Trinajstić information content (AvgIpc) is 2.56. The number of H-pyrrole nitrogens is 1. The lowest BCUT2D eigenvalue weighted by Crippen LogP contribution is -2.29. The van der Waals surface area contributed by atoms with Crippen LogP contribution in [0.4, 0.5) is 4.39 Å². The number of imidazole rings is 1. The molecule has 3 nitrogen and oxygen atoms in total. The van der Waals surface area contributed by atoms with Crippen LogP contribution in [-0.4, -0.2) is 22.3 Å². The quantitative estimate of drug-likeness (QED) is 0.852. The van der Waals surface area contributed by atoms with Crippen molar-refractivity contribution in [1.82, 2.24) is 9.55 Å². The predicted molar refractivity (Wildman–Crippen MR) is 68.2 cm³/mol. The standard InChI is InChI=1S/C12H15FN2OS/c1-12(2,16-3)7-15-10-6-8(13)4-5-9(10)14-11(15)17/h4-6H,7H2,1-3H3,(H,14,17). The first-order valence-corrected chi connectivity index (χ1v) is 5.77. The third-order valence-electron chi connectivity index (χ3n) is 2.83. The Morgan fingerprint density at radius 3 is 2.82 bits per heavy atom. The number of aromatic nitrogens is 2. The van der Waals surface area contributed by atoms with Crippen molar-refractivity contribution in [3.05, 3.63) is 28.8 Å². The number of benzene rings is 1. The summed E-state index contributed by atoms with van der Waals surface area (Å²) in [6.45, 7) is 4.51. The highest BCUT2D eigenvalue weighted by molar-refractivity contribution is 7.71. The zero-order valence-corrected chi connectivity index (χ0v) is 10.9. The minimum absolute atomic E-state index is 0.268. The first-order valence-electron chi connectivity index (χ1n) is 5.36. The highest BCUT2D eigenvalue weighted by atomic mass is 32.1. The van der Waals surface area contributed by atoms with E-state index >= 15 is 0 Å². The van der Waals surface area contributed by atoms with E-state index in [0.29, 0.717) is 11.3 Å². The summed E-state index contributed by atoms with van der Waals surface area (Å²) in [5.41, 5.74) is 1.25. The van der Waals surface area contributed by atoms with Crippen LogP contribution in [-0.2, 0) is 11.3 Å². The number of nitrogens with zero attached hydrogens (tertiary/aromatic N) is 1. The maximum absolute atomic E-state index is 13.2. The van der Waals surface area contributed by atoms with Gasteiger partial charge in [0.25, 0.3) is 0 Å². The van der Waals surface area contributed by atoms with Crippen LogP contribution in [0.2, 0.25) is 0 Å². The zero-order valence-electron chi connectivity index (χ0n) is 10.1. The largest absolute Gasteiger partial charge is 0.377 e. The molecule has 1 N–H and O–H groups in total. The van der Waals surface area contributed by atoms with Crippen LogP contribution in [0.15, 0.2) is 18.2 Å². The Kier molecular flexibility index (Phi) is 3.05. The molecule has 0 bridgehead atoms. The summed E-state index contributed by atoms with van der Waals surface area (Å²) in [6.07, 6.45) is 0. The Morgan fingerprint density at radius 1 is 1.47 bits per heavy atom. The number of aromatic amines is 1. The fourth-order valence-electron chi connectivity index (χ4n) is 1.73. The number of rotatable bonds is 3. The van der Waals surface area contributed by atoms with E-state index in [1.807, 2.05) is 18.4 Å². The minimum Gasteiger partial charge on any atom is -0.377 e. The van der Waals surface area contributed by atoms with Crippen molar-refractivity contribution in [1.29, 1.82) is 0 Å². The second kappa shape index (κ2) is 4.23. The van der Waals surface area contributed by atoms with Gasteiger partial charge in [-0.05, 0) is 44.3 Å². The smallest absolute Gasteiger partial charge is 0.178 e. The highest BCUT2D eigenvalue weighted by Crippen LogP contribution is 2.19. The third kappa shape index (κ3) is 2.40. The summed E-state index contributed by atoms with van der Waals surface area (Å²) in [6, 6.07) is 4.59. The first-order chi connectivity index (χ1) is 7.93. The van der Waals surface area contributed by atoms with E-state index in [-0.39, 0.29) is 11.4 Å². The van der Waals surface area contributed by atoms with Gasteiger partial charge in [0.2, 0.25) is 0 Å². The van der Waals surface area contributed by atoms with Gasteiger partial charge in [-0.25, -0.2) is 4.39 Å². The molecule has 0 unspecified atom stereocenters. The molecule has 0 aliphatic carbocycles. The summed E-state index contributed by atoms with van der Waals surface area (Å²) in [5, 5.41) is 0. The number of nitrogens with one attached hydrogen (secondary N) is 1. The molecule has 1 heterocycles. The van der Waals surface area contributed by atoms with E-state index in [2.05, 4.69) is 4.98 Å². The number of hydrogen-bond acceptors (Lipinski definition) is 2. The third-order valence-corrected chi connectivity index (χ3v) is 3.15. The van der Waals surface area contributed by atoms with Gasteiger partial charge < -0.3 is 14.3 Å². The van der Waals surface area contributed by atoms with Crippen molar-refractivity contribution < 1.29 is 9.13 Å². The van der Waals surface area contributed by atoms with Crippen LogP contribution in [0.1, 0.15) is 13.8 Å². The maximum Gasteiger partial charge on any atom is 0.178 e. The van der Waals surface area contributed by atoms with E-state index in [1.54, 1.807) is 13.2 Å². The molecule has 0 saturated carbocycles. The second-order valence-electron chi connectivity index (χ2n) is 4.64. The van der Waals surface area contributed by atoms with Crippen molar-refractivity contribution in [2.24, 2.45) is 0 Å². The van der Waals surface area contributed by atoms with Crippen molar-refractivity contribution in [2.75, 3.05) is 7.11 Å². The summed E-state index contributed by atoms with van der Waals surface area (Å²) in [7, 11) is 1.65. The molecular formula is C12H15FN2OS. The molecule has 0 spiro atoms. The Labute approximate surface area is 104 Å². The number of halogens is 1. The van der Waals surface area contributed by atoms with Crippen LogP contribution in [0.5, 0.6) is 0 Å². The Balaban J connectivity index is 2.56. The molecule has 1 aromatic heterocycles. The Hall–Kier alpha value is -1.20. The zero-order chi connectivity index (χ0) is 12.6. The number of methoxy groups -OCH3 is 1. The molecule has 92 valence electrons. The maximum atomic E-state index is 13.2. The van der Waals surface area contributed by atoms with Gasteiger partial charge in [0, 0.05) is 7.11 Å². The highest BCUT2D eigenvalue weighted by Gasteiger charge is 2.19. The van der Waals surface area contributed by atoms with Gasteiger partial charge in [-0.15, -0.1) is 0 Å². The molecule has 0 atom stereocenters. The van der Waals surface area contributed by atoms with Crippen molar-refractivity contribution >= 4 is 23.3 Å². The molecule has 0 saturated heterocycles. The fourth-order valence-corrected chi connectivity index (χ4v) is 2.00. The van der Waals surface area contributed by atoms with Gasteiger partial charge in [0.1, 0.15) is 5.82 Å². The molecule has 2 aromatic rings. The fraction of sp³-hybridized carbons (Fsp3) is 0.417. The molecule has 2 rings (SSSR count). The SMILES string of the molecule is COC(C)(C)Cn1c(=S)[nH]c2ccc(F)cc21. The van der Waals surface area contributed by atoms with Crippen LogP contribution >= 0.6 is 12.2 Å². The van der Waals surface area contributed by atoms with Crippen LogP contribution in [0.3, 0.4) is 0 Å². The van der Waals surface area contributed by atoms with E-state index in [9.17, 15) is 4.39 Å². The monoisotopic (exact) mass is 254 g/mol. The summed E-state index contributed by atoms with van der Waals surface area (Å²) in [4.78, 5) is 3.06. The number of ether oxygens (including phenoxy) is 1. The molecule has 0 aliphatic heterocycles. The summed E-state index contributed by atoms with van der Waals surface area (Å²) < 4.78 is 21.1. The molecule has 17 heavy (non-hydrogen) atoms.